The van der Waals surface area contributed by atoms with Crippen molar-refractivity contribution in [3.63, 3.8) is 0 Å². The molecule has 6 nitrogen and oxygen atoms in total. The molecule has 1 fully saturated rings. The van der Waals surface area contributed by atoms with Crippen LogP contribution in [0.25, 0.3) is 0 Å². The molecule has 0 aliphatic carbocycles. The number of nitrogens with one attached hydrogen (secondary N) is 1. The number of hydrogen-bond donors (Lipinski definition) is 1. The van der Waals surface area contributed by atoms with Gasteiger partial charge in [0.1, 0.15) is 6.04 Å². The average Bonchev–Trinajstić information content (AvgIpc) is 2.75. The van der Waals surface area contributed by atoms with Crippen LogP contribution in [-0.4, -0.2) is 35.3 Å². The highest BCUT2D eigenvalue weighted by Crippen LogP contribution is 2.30. The van der Waals surface area contributed by atoms with Crippen molar-refractivity contribution in [1.82, 2.24) is 4.90 Å². The molecule has 1 atom stereocenters. The second-order valence-electron chi connectivity index (χ2n) is 5.16. The standard InChI is InChI=1S/C15H16N2O4/c1-2-21-15(20)9-3-4-10-8-17-12(5-6-13(17)18)14(19)16-11(10)7-9/h3-4,7,12H,2,5-6,8H2,1H3,(H,16,19)/t12-/m0/s1. The summed E-state index contributed by atoms with van der Waals surface area (Å²) in [4.78, 5) is 37.4. The number of anilines is 1. The second-order valence-corrected chi connectivity index (χ2v) is 5.16. The van der Waals surface area contributed by atoms with Crippen LogP contribution in [-0.2, 0) is 20.9 Å². The molecular formula is C15H16N2O4. The SMILES string of the molecule is CCOC(=O)c1ccc2c(c1)NC(=O)[C@@H]1CCC(=O)N1C2. The molecule has 1 aromatic rings. The first-order valence-electron chi connectivity index (χ1n) is 7.00. The first kappa shape index (κ1) is 13.6. The van der Waals surface area contributed by atoms with Gasteiger partial charge in [0.15, 0.2) is 0 Å². The van der Waals surface area contributed by atoms with Crippen LogP contribution in [0, 0.1) is 0 Å². The van der Waals surface area contributed by atoms with Gasteiger partial charge in [0.25, 0.3) is 0 Å². The fourth-order valence-corrected chi connectivity index (χ4v) is 2.78. The molecule has 2 aliphatic rings. The van der Waals surface area contributed by atoms with Gasteiger partial charge in [-0.1, -0.05) is 6.07 Å². The lowest BCUT2D eigenvalue weighted by molar-refractivity contribution is -0.133. The lowest BCUT2D eigenvalue weighted by Gasteiger charge is -2.19. The average molecular weight is 288 g/mol. The quantitative estimate of drug-likeness (QED) is 0.832. The van der Waals surface area contributed by atoms with E-state index in [-0.39, 0.29) is 11.8 Å². The Morgan fingerprint density at radius 2 is 2.24 bits per heavy atom. The summed E-state index contributed by atoms with van der Waals surface area (Å²) < 4.78 is 4.95. The minimum atomic E-state index is -0.421. The molecule has 0 aromatic heterocycles. The Kier molecular flexibility index (Phi) is 3.37. The lowest BCUT2D eigenvalue weighted by Crippen LogP contribution is -2.38. The van der Waals surface area contributed by atoms with Crippen molar-refractivity contribution in [3.05, 3.63) is 29.3 Å². The molecule has 110 valence electrons. The van der Waals surface area contributed by atoms with E-state index < -0.39 is 12.0 Å². The van der Waals surface area contributed by atoms with Crippen molar-refractivity contribution in [1.29, 1.82) is 0 Å². The fraction of sp³-hybridized carbons (Fsp3) is 0.400. The fourth-order valence-electron chi connectivity index (χ4n) is 2.78. The van der Waals surface area contributed by atoms with Gasteiger partial charge in [-0.15, -0.1) is 0 Å². The van der Waals surface area contributed by atoms with Crippen LogP contribution in [0.4, 0.5) is 5.69 Å². The summed E-state index contributed by atoms with van der Waals surface area (Å²) >= 11 is 0. The highest BCUT2D eigenvalue weighted by atomic mass is 16.5. The number of hydrogen-bond acceptors (Lipinski definition) is 4. The van der Waals surface area contributed by atoms with Gasteiger partial charge in [0.2, 0.25) is 11.8 Å². The van der Waals surface area contributed by atoms with E-state index in [2.05, 4.69) is 5.32 Å². The second kappa shape index (κ2) is 5.20. The number of fused-ring (bicyclic) bond motifs is 2. The summed E-state index contributed by atoms with van der Waals surface area (Å²) in [6.07, 6.45) is 0.956. The van der Waals surface area contributed by atoms with E-state index in [4.69, 9.17) is 4.74 Å². The summed E-state index contributed by atoms with van der Waals surface area (Å²) in [5.74, 6) is -0.617. The van der Waals surface area contributed by atoms with E-state index in [1.807, 2.05) is 0 Å². The third-order valence-corrected chi connectivity index (χ3v) is 3.85. The first-order chi connectivity index (χ1) is 10.1. The molecule has 1 aromatic carbocycles. The van der Waals surface area contributed by atoms with Crippen molar-refractivity contribution in [2.45, 2.75) is 32.4 Å². The maximum atomic E-state index is 12.2. The maximum Gasteiger partial charge on any atom is 0.338 e. The number of rotatable bonds is 2. The molecule has 21 heavy (non-hydrogen) atoms. The monoisotopic (exact) mass is 288 g/mol. The van der Waals surface area contributed by atoms with Crippen LogP contribution in [0.2, 0.25) is 0 Å². The number of esters is 1. The highest BCUT2D eigenvalue weighted by Gasteiger charge is 2.38. The minimum Gasteiger partial charge on any atom is -0.462 e. The molecule has 3 rings (SSSR count). The van der Waals surface area contributed by atoms with Crippen LogP contribution in [0.5, 0.6) is 0 Å². The molecule has 2 heterocycles. The van der Waals surface area contributed by atoms with E-state index >= 15 is 0 Å². The third kappa shape index (κ3) is 2.37. The number of carbonyl (C=O) groups excluding carboxylic acids is 3. The van der Waals surface area contributed by atoms with Gasteiger partial charge in [-0.2, -0.15) is 0 Å². The van der Waals surface area contributed by atoms with Crippen molar-refractivity contribution >= 4 is 23.5 Å². The molecule has 0 unspecified atom stereocenters. The Hall–Kier alpha value is -2.37. The Morgan fingerprint density at radius 1 is 1.43 bits per heavy atom. The van der Waals surface area contributed by atoms with E-state index in [1.165, 1.54) is 0 Å². The van der Waals surface area contributed by atoms with Crippen LogP contribution < -0.4 is 5.32 Å². The molecule has 0 spiro atoms. The van der Waals surface area contributed by atoms with Gasteiger partial charge in [-0.05, 0) is 31.0 Å². The van der Waals surface area contributed by atoms with E-state index in [0.717, 1.165) is 5.56 Å². The van der Waals surface area contributed by atoms with Crippen LogP contribution in [0.1, 0.15) is 35.7 Å². The zero-order valence-corrected chi connectivity index (χ0v) is 11.7. The highest BCUT2D eigenvalue weighted by molar-refractivity contribution is 6.01. The Bertz CT molecular complexity index is 626. The zero-order valence-electron chi connectivity index (χ0n) is 11.7. The smallest absolute Gasteiger partial charge is 0.338 e. The molecule has 1 saturated heterocycles. The van der Waals surface area contributed by atoms with Crippen molar-refractivity contribution in [3.8, 4) is 0 Å². The molecule has 2 amide bonds. The summed E-state index contributed by atoms with van der Waals surface area (Å²) in [6.45, 7) is 2.43. The zero-order chi connectivity index (χ0) is 15.0. The number of nitrogens with zero attached hydrogens (tertiary/aromatic N) is 1. The predicted molar refractivity (Wildman–Crippen MR) is 74.6 cm³/mol. The Balaban J connectivity index is 1.94. The van der Waals surface area contributed by atoms with Gasteiger partial charge in [-0.3, -0.25) is 9.59 Å². The lowest BCUT2D eigenvalue weighted by atomic mass is 10.1. The van der Waals surface area contributed by atoms with E-state index in [0.29, 0.717) is 37.2 Å². The maximum absolute atomic E-state index is 12.2. The summed E-state index contributed by atoms with van der Waals surface area (Å²) in [5.41, 5.74) is 1.80. The van der Waals surface area contributed by atoms with Gasteiger partial charge >= 0.3 is 5.97 Å². The van der Waals surface area contributed by atoms with Crippen molar-refractivity contribution in [2.24, 2.45) is 0 Å². The van der Waals surface area contributed by atoms with E-state index in [1.54, 1.807) is 30.0 Å². The molecule has 2 aliphatic heterocycles. The molecule has 1 N–H and O–H groups in total. The van der Waals surface area contributed by atoms with Gasteiger partial charge in [-0.25, -0.2) is 4.79 Å². The predicted octanol–water partition coefficient (Wildman–Crippen LogP) is 1.31. The third-order valence-electron chi connectivity index (χ3n) is 3.85. The Morgan fingerprint density at radius 3 is 3.00 bits per heavy atom. The Labute approximate surface area is 122 Å². The topological polar surface area (TPSA) is 75.7 Å². The number of carbonyl (C=O) groups is 3. The molecule has 0 radical (unpaired) electrons. The molecule has 0 bridgehead atoms. The molecular weight excluding hydrogens is 272 g/mol. The summed E-state index contributed by atoms with van der Waals surface area (Å²) in [7, 11) is 0. The van der Waals surface area contributed by atoms with Gasteiger partial charge in [0.05, 0.1) is 12.2 Å². The first-order valence-corrected chi connectivity index (χ1v) is 7.00. The van der Waals surface area contributed by atoms with Crippen molar-refractivity contribution in [2.75, 3.05) is 11.9 Å². The normalized spacial score (nSPS) is 20.4. The summed E-state index contributed by atoms with van der Waals surface area (Å²) in [6, 6.07) is 4.62. The van der Waals surface area contributed by atoms with Gasteiger partial charge < -0.3 is 15.0 Å². The molecule has 0 saturated carbocycles. The van der Waals surface area contributed by atoms with Gasteiger partial charge in [0, 0.05) is 18.7 Å². The van der Waals surface area contributed by atoms with Crippen LogP contribution >= 0.6 is 0 Å². The minimum absolute atomic E-state index is 0.00234. The number of ether oxygens (including phenoxy) is 1. The van der Waals surface area contributed by atoms with Crippen molar-refractivity contribution < 1.29 is 19.1 Å². The number of amides is 2. The van der Waals surface area contributed by atoms with Crippen LogP contribution in [0.3, 0.4) is 0 Å². The largest absolute Gasteiger partial charge is 0.462 e. The molecule has 6 heteroatoms. The summed E-state index contributed by atoms with van der Waals surface area (Å²) in [5, 5.41) is 2.81. The van der Waals surface area contributed by atoms with Crippen LogP contribution in [0.15, 0.2) is 18.2 Å². The number of benzene rings is 1. The van der Waals surface area contributed by atoms with E-state index in [9.17, 15) is 14.4 Å².